The third-order valence-corrected chi connectivity index (χ3v) is 4.34. The zero-order valence-corrected chi connectivity index (χ0v) is 13.0. The molecule has 1 aromatic heterocycles. The smallest absolute Gasteiger partial charge is 0.0863 e. The van der Waals surface area contributed by atoms with Gasteiger partial charge in [-0.3, -0.25) is 9.58 Å². The van der Waals surface area contributed by atoms with Gasteiger partial charge in [0.2, 0.25) is 0 Å². The Morgan fingerprint density at radius 1 is 1.37 bits per heavy atom. The van der Waals surface area contributed by atoms with Gasteiger partial charge in [0.25, 0.3) is 0 Å². The van der Waals surface area contributed by atoms with E-state index >= 15 is 0 Å². The van der Waals surface area contributed by atoms with Gasteiger partial charge in [0.15, 0.2) is 0 Å². The second-order valence-electron chi connectivity index (χ2n) is 5.17. The van der Waals surface area contributed by atoms with Crippen LogP contribution < -0.4 is 5.32 Å². The lowest BCUT2D eigenvalue weighted by atomic mass is 10.1. The van der Waals surface area contributed by atoms with Gasteiger partial charge in [0.05, 0.1) is 16.4 Å². The lowest BCUT2D eigenvalue weighted by Gasteiger charge is -2.33. The van der Waals surface area contributed by atoms with E-state index in [1.807, 2.05) is 0 Å². The van der Waals surface area contributed by atoms with Crippen LogP contribution in [0.5, 0.6) is 0 Å². The Morgan fingerprint density at radius 2 is 2.16 bits per heavy atom. The van der Waals surface area contributed by atoms with Crippen LogP contribution in [0, 0.1) is 0 Å². The Kier molecular flexibility index (Phi) is 5.25. The summed E-state index contributed by atoms with van der Waals surface area (Å²) in [5.41, 5.74) is 2.21. The van der Waals surface area contributed by atoms with Crippen LogP contribution >= 0.6 is 11.6 Å². The third kappa shape index (κ3) is 3.30. The standard InChI is InChI=1S/C14H25ClN4/c1-4-11-9-18(8-7-16-11)10-13-14(15)12(5-2)17-19(13)6-3/h11,16H,4-10H2,1-3H3. The normalized spacial score (nSPS) is 20.9. The van der Waals surface area contributed by atoms with Crippen molar-refractivity contribution in [3.05, 3.63) is 16.4 Å². The van der Waals surface area contributed by atoms with Gasteiger partial charge in [0, 0.05) is 38.8 Å². The van der Waals surface area contributed by atoms with Crippen molar-refractivity contribution in [1.82, 2.24) is 20.0 Å². The molecule has 1 atom stereocenters. The molecular formula is C14H25ClN4. The van der Waals surface area contributed by atoms with Gasteiger partial charge in [-0.15, -0.1) is 0 Å². The second kappa shape index (κ2) is 6.73. The number of piperazine rings is 1. The first-order valence-electron chi connectivity index (χ1n) is 7.39. The van der Waals surface area contributed by atoms with Crippen LogP contribution in [-0.4, -0.2) is 40.4 Å². The molecule has 0 saturated carbocycles. The molecule has 1 fully saturated rings. The topological polar surface area (TPSA) is 33.1 Å². The van der Waals surface area contributed by atoms with Gasteiger partial charge in [-0.1, -0.05) is 25.4 Å². The van der Waals surface area contributed by atoms with Crippen molar-refractivity contribution >= 4 is 11.6 Å². The molecular weight excluding hydrogens is 260 g/mol. The molecule has 1 saturated heterocycles. The summed E-state index contributed by atoms with van der Waals surface area (Å²) in [6.07, 6.45) is 2.08. The van der Waals surface area contributed by atoms with Crippen LogP contribution in [0.15, 0.2) is 0 Å². The molecule has 0 aromatic carbocycles. The van der Waals surface area contributed by atoms with E-state index in [1.54, 1.807) is 0 Å². The van der Waals surface area contributed by atoms with Crippen LogP contribution in [-0.2, 0) is 19.5 Å². The highest BCUT2D eigenvalue weighted by atomic mass is 35.5. The molecule has 0 radical (unpaired) electrons. The summed E-state index contributed by atoms with van der Waals surface area (Å²) in [7, 11) is 0. The van der Waals surface area contributed by atoms with Crippen molar-refractivity contribution in [2.75, 3.05) is 19.6 Å². The number of aryl methyl sites for hydroxylation is 2. The van der Waals surface area contributed by atoms with E-state index in [0.29, 0.717) is 6.04 Å². The van der Waals surface area contributed by atoms with Crippen molar-refractivity contribution in [1.29, 1.82) is 0 Å². The number of hydrogen-bond donors (Lipinski definition) is 1. The maximum Gasteiger partial charge on any atom is 0.0863 e. The first kappa shape index (κ1) is 14.8. The van der Waals surface area contributed by atoms with Crippen LogP contribution in [0.1, 0.15) is 38.6 Å². The number of halogens is 1. The molecule has 1 aromatic rings. The average molecular weight is 285 g/mol. The van der Waals surface area contributed by atoms with Gasteiger partial charge >= 0.3 is 0 Å². The van der Waals surface area contributed by atoms with Gasteiger partial charge in [-0.2, -0.15) is 5.10 Å². The van der Waals surface area contributed by atoms with Crippen molar-refractivity contribution in [3.8, 4) is 0 Å². The number of hydrogen-bond acceptors (Lipinski definition) is 3. The highest BCUT2D eigenvalue weighted by Crippen LogP contribution is 2.23. The molecule has 0 amide bonds. The summed E-state index contributed by atoms with van der Waals surface area (Å²) in [5, 5.41) is 9.01. The van der Waals surface area contributed by atoms with E-state index in [2.05, 4.69) is 40.8 Å². The van der Waals surface area contributed by atoms with Gasteiger partial charge in [-0.05, 0) is 19.8 Å². The summed E-state index contributed by atoms with van der Waals surface area (Å²) in [4.78, 5) is 2.49. The molecule has 1 aliphatic rings. The average Bonchev–Trinajstić information content (AvgIpc) is 2.75. The third-order valence-electron chi connectivity index (χ3n) is 3.90. The van der Waals surface area contributed by atoms with Crippen LogP contribution in [0.3, 0.4) is 0 Å². The van der Waals surface area contributed by atoms with Crippen LogP contribution in [0.4, 0.5) is 0 Å². The van der Waals surface area contributed by atoms with E-state index in [9.17, 15) is 0 Å². The number of nitrogens with zero attached hydrogens (tertiary/aromatic N) is 3. The Bertz CT molecular complexity index is 416. The highest BCUT2D eigenvalue weighted by Gasteiger charge is 2.21. The summed E-state index contributed by atoms with van der Waals surface area (Å²) < 4.78 is 2.06. The van der Waals surface area contributed by atoms with Crippen molar-refractivity contribution in [3.63, 3.8) is 0 Å². The van der Waals surface area contributed by atoms with Crippen molar-refractivity contribution in [2.45, 2.75) is 52.7 Å². The second-order valence-corrected chi connectivity index (χ2v) is 5.55. The number of rotatable bonds is 5. The highest BCUT2D eigenvalue weighted by molar-refractivity contribution is 6.31. The minimum atomic E-state index is 0.608. The zero-order chi connectivity index (χ0) is 13.8. The fraction of sp³-hybridized carbons (Fsp3) is 0.786. The molecule has 2 heterocycles. The molecule has 0 bridgehead atoms. The van der Waals surface area contributed by atoms with Crippen LogP contribution in [0.25, 0.3) is 0 Å². The summed E-state index contributed by atoms with van der Waals surface area (Å²) in [5.74, 6) is 0. The van der Waals surface area contributed by atoms with Crippen LogP contribution in [0.2, 0.25) is 5.02 Å². The Hall–Kier alpha value is -0.580. The van der Waals surface area contributed by atoms with Crippen molar-refractivity contribution in [2.24, 2.45) is 0 Å². The summed E-state index contributed by atoms with van der Waals surface area (Å²) in [6, 6.07) is 0.608. The molecule has 2 rings (SSSR count). The SMILES string of the molecule is CCc1nn(CC)c(CN2CCNC(CC)C2)c1Cl. The number of nitrogens with one attached hydrogen (secondary N) is 1. The zero-order valence-electron chi connectivity index (χ0n) is 12.2. The van der Waals surface area contributed by atoms with Gasteiger partial charge in [-0.25, -0.2) is 0 Å². The minimum absolute atomic E-state index is 0.608. The van der Waals surface area contributed by atoms with E-state index in [1.165, 1.54) is 12.1 Å². The monoisotopic (exact) mass is 284 g/mol. The Morgan fingerprint density at radius 3 is 2.79 bits per heavy atom. The Labute approximate surface area is 121 Å². The van der Waals surface area contributed by atoms with Gasteiger partial charge in [0.1, 0.15) is 0 Å². The molecule has 1 N–H and O–H groups in total. The van der Waals surface area contributed by atoms with Crippen molar-refractivity contribution < 1.29 is 0 Å². The predicted molar refractivity (Wildman–Crippen MR) is 79.6 cm³/mol. The molecule has 19 heavy (non-hydrogen) atoms. The van der Waals surface area contributed by atoms with Gasteiger partial charge < -0.3 is 5.32 Å². The molecule has 4 nitrogen and oxygen atoms in total. The summed E-state index contributed by atoms with van der Waals surface area (Å²) in [6.45, 7) is 11.5. The van der Waals surface area contributed by atoms with E-state index in [0.717, 1.165) is 49.9 Å². The maximum atomic E-state index is 6.47. The molecule has 5 heteroatoms. The molecule has 1 unspecified atom stereocenters. The first-order valence-corrected chi connectivity index (χ1v) is 7.77. The van der Waals surface area contributed by atoms with E-state index in [4.69, 9.17) is 11.6 Å². The molecule has 0 aliphatic carbocycles. The molecule has 108 valence electrons. The lowest BCUT2D eigenvalue weighted by Crippen LogP contribution is -2.50. The van der Waals surface area contributed by atoms with E-state index in [-0.39, 0.29) is 0 Å². The number of aromatic nitrogens is 2. The fourth-order valence-corrected chi connectivity index (χ4v) is 3.02. The minimum Gasteiger partial charge on any atom is -0.311 e. The maximum absolute atomic E-state index is 6.47. The summed E-state index contributed by atoms with van der Waals surface area (Å²) >= 11 is 6.47. The lowest BCUT2D eigenvalue weighted by molar-refractivity contribution is 0.185. The quantitative estimate of drug-likeness (QED) is 0.901. The van der Waals surface area contributed by atoms with E-state index < -0.39 is 0 Å². The predicted octanol–water partition coefficient (Wildman–Crippen LogP) is 2.30. The Balaban J connectivity index is 2.11. The molecule has 1 aliphatic heterocycles. The largest absolute Gasteiger partial charge is 0.311 e. The first-order chi connectivity index (χ1) is 9.19. The fourth-order valence-electron chi connectivity index (χ4n) is 2.69. The molecule has 0 spiro atoms.